The molecule has 0 radical (unpaired) electrons. The fraction of sp³-hybridized carbons (Fsp3) is 0.0714. The molecule has 0 aliphatic carbocycles. The van der Waals surface area contributed by atoms with Gasteiger partial charge in [-0.1, -0.05) is 6.07 Å². The fourth-order valence-electron chi connectivity index (χ4n) is 1.64. The van der Waals surface area contributed by atoms with Crippen molar-refractivity contribution in [1.82, 2.24) is 0 Å². The number of hydrogen-bond acceptors (Lipinski definition) is 2. The summed E-state index contributed by atoms with van der Waals surface area (Å²) in [5.74, 6) is -1.53. The molecular formula is C14H13F2N3O. The molecule has 2 amide bonds. The average Bonchev–Trinajstić information content (AvgIpc) is 2.32. The standard InChI is InChI=1S/C14H13F2N3O/c1-8-2-3-11(7-13(8)17)18-14(20)19-12-5-9(15)4-10(16)6-12/h2-7H,17H2,1H3,(H2,18,19,20). The maximum atomic E-state index is 13.0. The summed E-state index contributed by atoms with van der Waals surface area (Å²) < 4.78 is 25.9. The highest BCUT2D eigenvalue weighted by Gasteiger charge is 2.06. The number of urea groups is 1. The van der Waals surface area contributed by atoms with Crippen LogP contribution in [0.1, 0.15) is 5.56 Å². The van der Waals surface area contributed by atoms with Gasteiger partial charge in [0.05, 0.1) is 0 Å². The highest BCUT2D eigenvalue weighted by molar-refractivity contribution is 6.00. The van der Waals surface area contributed by atoms with Crippen LogP contribution >= 0.6 is 0 Å². The van der Waals surface area contributed by atoms with E-state index >= 15 is 0 Å². The van der Waals surface area contributed by atoms with E-state index in [9.17, 15) is 13.6 Å². The summed E-state index contributed by atoms with van der Waals surface area (Å²) in [6.07, 6.45) is 0. The van der Waals surface area contributed by atoms with Crippen LogP contribution in [-0.2, 0) is 0 Å². The summed E-state index contributed by atoms with van der Waals surface area (Å²) in [6.45, 7) is 1.84. The van der Waals surface area contributed by atoms with Crippen LogP contribution in [0.15, 0.2) is 36.4 Å². The summed E-state index contributed by atoms with van der Waals surface area (Å²) in [7, 11) is 0. The van der Waals surface area contributed by atoms with E-state index in [4.69, 9.17) is 5.73 Å². The van der Waals surface area contributed by atoms with Gasteiger partial charge < -0.3 is 16.4 Å². The van der Waals surface area contributed by atoms with Gasteiger partial charge in [-0.05, 0) is 36.8 Å². The second kappa shape index (κ2) is 5.56. The lowest BCUT2D eigenvalue weighted by atomic mass is 10.2. The Morgan fingerprint density at radius 3 is 2.20 bits per heavy atom. The second-order valence-electron chi connectivity index (χ2n) is 4.31. The molecule has 0 unspecified atom stereocenters. The van der Waals surface area contributed by atoms with Crippen LogP contribution in [0.3, 0.4) is 0 Å². The predicted molar refractivity (Wildman–Crippen MR) is 74.6 cm³/mol. The highest BCUT2D eigenvalue weighted by atomic mass is 19.1. The van der Waals surface area contributed by atoms with E-state index in [1.807, 2.05) is 6.92 Å². The van der Waals surface area contributed by atoms with Gasteiger partial charge in [0.2, 0.25) is 0 Å². The number of amides is 2. The minimum absolute atomic E-state index is 0.0279. The number of rotatable bonds is 2. The third-order valence-electron chi connectivity index (χ3n) is 2.66. The van der Waals surface area contributed by atoms with Crippen LogP contribution in [0, 0.1) is 18.6 Å². The van der Waals surface area contributed by atoms with Gasteiger partial charge in [0, 0.05) is 23.1 Å². The van der Waals surface area contributed by atoms with Gasteiger partial charge in [0.1, 0.15) is 11.6 Å². The summed E-state index contributed by atoms with van der Waals surface area (Å²) in [6, 6.07) is 7.19. The number of nitrogen functional groups attached to an aromatic ring is 1. The van der Waals surface area contributed by atoms with Crippen molar-refractivity contribution in [3.8, 4) is 0 Å². The SMILES string of the molecule is Cc1ccc(NC(=O)Nc2cc(F)cc(F)c2)cc1N. The van der Waals surface area contributed by atoms with E-state index in [0.29, 0.717) is 11.4 Å². The molecule has 0 saturated heterocycles. The predicted octanol–water partition coefficient (Wildman–Crippen LogP) is 3.50. The molecule has 0 saturated carbocycles. The van der Waals surface area contributed by atoms with E-state index in [2.05, 4.69) is 10.6 Å². The molecule has 20 heavy (non-hydrogen) atoms. The van der Waals surface area contributed by atoms with Gasteiger partial charge in [0.15, 0.2) is 0 Å². The number of anilines is 3. The molecular weight excluding hydrogens is 264 g/mol. The molecule has 0 bridgehead atoms. The Morgan fingerprint density at radius 1 is 1.00 bits per heavy atom. The van der Waals surface area contributed by atoms with Crippen molar-refractivity contribution >= 4 is 23.1 Å². The third-order valence-corrected chi connectivity index (χ3v) is 2.66. The van der Waals surface area contributed by atoms with Crippen LogP contribution < -0.4 is 16.4 Å². The quantitative estimate of drug-likeness (QED) is 0.735. The molecule has 2 aromatic rings. The van der Waals surface area contributed by atoms with Crippen molar-refractivity contribution in [1.29, 1.82) is 0 Å². The van der Waals surface area contributed by atoms with Gasteiger partial charge in [-0.3, -0.25) is 0 Å². The summed E-state index contributed by atoms with van der Waals surface area (Å²) in [5.41, 5.74) is 7.67. The fourth-order valence-corrected chi connectivity index (χ4v) is 1.64. The zero-order chi connectivity index (χ0) is 14.7. The minimum atomic E-state index is -0.764. The Morgan fingerprint density at radius 2 is 1.60 bits per heavy atom. The molecule has 4 nitrogen and oxygen atoms in total. The zero-order valence-corrected chi connectivity index (χ0v) is 10.7. The number of nitrogens with two attached hydrogens (primary N) is 1. The van der Waals surface area contributed by atoms with Gasteiger partial charge in [-0.2, -0.15) is 0 Å². The monoisotopic (exact) mass is 277 g/mol. The largest absolute Gasteiger partial charge is 0.398 e. The van der Waals surface area contributed by atoms with E-state index in [0.717, 1.165) is 23.8 Å². The lowest BCUT2D eigenvalue weighted by molar-refractivity contribution is 0.262. The van der Waals surface area contributed by atoms with E-state index in [1.165, 1.54) is 0 Å². The number of nitrogens with one attached hydrogen (secondary N) is 2. The van der Waals surface area contributed by atoms with Crippen LogP contribution in [0.2, 0.25) is 0 Å². The van der Waals surface area contributed by atoms with Crippen molar-refractivity contribution in [3.05, 3.63) is 53.6 Å². The van der Waals surface area contributed by atoms with E-state index in [-0.39, 0.29) is 5.69 Å². The topological polar surface area (TPSA) is 67.2 Å². The number of benzene rings is 2. The highest BCUT2D eigenvalue weighted by Crippen LogP contribution is 2.18. The summed E-state index contributed by atoms with van der Waals surface area (Å²) in [5, 5.41) is 4.86. The Kier molecular flexibility index (Phi) is 3.84. The van der Waals surface area contributed by atoms with Crippen LogP contribution in [0.25, 0.3) is 0 Å². The number of hydrogen-bond donors (Lipinski definition) is 3. The van der Waals surface area contributed by atoms with Crippen LogP contribution in [-0.4, -0.2) is 6.03 Å². The Labute approximate surface area is 114 Å². The Hall–Kier alpha value is -2.63. The number of carbonyl (C=O) groups excluding carboxylic acids is 1. The van der Waals surface area contributed by atoms with E-state index < -0.39 is 17.7 Å². The lowest BCUT2D eigenvalue weighted by Gasteiger charge is -2.09. The molecule has 0 aliphatic heterocycles. The van der Waals surface area contributed by atoms with Gasteiger partial charge in [-0.15, -0.1) is 0 Å². The van der Waals surface area contributed by atoms with Crippen molar-refractivity contribution in [2.45, 2.75) is 6.92 Å². The number of halogens is 2. The number of carbonyl (C=O) groups is 1. The molecule has 6 heteroatoms. The first-order valence-electron chi connectivity index (χ1n) is 5.84. The van der Waals surface area contributed by atoms with Gasteiger partial charge >= 0.3 is 6.03 Å². The molecule has 0 atom stereocenters. The van der Waals surface area contributed by atoms with Crippen molar-refractivity contribution in [2.24, 2.45) is 0 Å². The number of aryl methyl sites for hydroxylation is 1. The normalized spacial score (nSPS) is 10.2. The van der Waals surface area contributed by atoms with E-state index in [1.54, 1.807) is 18.2 Å². The maximum absolute atomic E-state index is 13.0. The first-order chi connectivity index (χ1) is 9.44. The molecule has 0 aliphatic rings. The first kappa shape index (κ1) is 13.8. The zero-order valence-electron chi connectivity index (χ0n) is 10.7. The van der Waals surface area contributed by atoms with Gasteiger partial charge in [0.25, 0.3) is 0 Å². The average molecular weight is 277 g/mol. The van der Waals surface area contributed by atoms with Crippen molar-refractivity contribution in [2.75, 3.05) is 16.4 Å². The molecule has 4 N–H and O–H groups in total. The Balaban J connectivity index is 2.06. The molecule has 2 aromatic carbocycles. The molecule has 0 heterocycles. The minimum Gasteiger partial charge on any atom is -0.398 e. The second-order valence-corrected chi connectivity index (χ2v) is 4.31. The van der Waals surface area contributed by atoms with Gasteiger partial charge in [-0.25, -0.2) is 13.6 Å². The van der Waals surface area contributed by atoms with Crippen molar-refractivity contribution in [3.63, 3.8) is 0 Å². The van der Waals surface area contributed by atoms with Crippen LogP contribution in [0.5, 0.6) is 0 Å². The molecule has 2 rings (SSSR count). The molecule has 0 fully saturated rings. The molecule has 0 spiro atoms. The smallest absolute Gasteiger partial charge is 0.323 e. The molecule has 0 aromatic heterocycles. The maximum Gasteiger partial charge on any atom is 0.323 e. The summed E-state index contributed by atoms with van der Waals surface area (Å²) in [4.78, 5) is 11.7. The lowest BCUT2D eigenvalue weighted by Crippen LogP contribution is -2.19. The third kappa shape index (κ3) is 3.44. The first-order valence-corrected chi connectivity index (χ1v) is 5.84. The van der Waals surface area contributed by atoms with Crippen molar-refractivity contribution < 1.29 is 13.6 Å². The van der Waals surface area contributed by atoms with Crippen LogP contribution in [0.4, 0.5) is 30.6 Å². The Bertz CT molecular complexity index is 639. The molecule has 104 valence electrons. The summed E-state index contributed by atoms with van der Waals surface area (Å²) >= 11 is 0.